The molecule has 5 heteroatoms. The molecule has 0 spiro atoms. The molecule has 1 unspecified atom stereocenters. The van der Waals surface area contributed by atoms with Gasteiger partial charge in [-0.25, -0.2) is 0 Å². The number of carbonyl (C=O) groups is 2. The van der Waals surface area contributed by atoms with Crippen LogP contribution in [0.1, 0.15) is 37.7 Å². The van der Waals surface area contributed by atoms with E-state index in [9.17, 15) is 9.59 Å². The average Bonchev–Trinajstić information content (AvgIpc) is 3.10. The van der Waals surface area contributed by atoms with E-state index >= 15 is 0 Å². The number of amides is 2. The van der Waals surface area contributed by atoms with Crippen molar-refractivity contribution in [1.29, 1.82) is 0 Å². The van der Waals surface area contributed by atoms with E-state index in [4.69, 9.17) is 5.73 Å². The van der Waals surface area contributed by atoms with Gasteiger partial charge in [0.1, 0.15) is 6.04 Å². The van der Waals surface area contributed by atoms with Gasteiger partial charge in [0.05, 0.1) is 5.54 Å². The van der Waals surface area contributed by atoms with Crippen molar-refractivity contribution < 1.29 is 9.59 Å². The van der Waals surface area contributed by atoms with E-state index in [1.54, 1.807) is 4.90 Å². The van der Waals surface area contributed by atoms with Crippen LogP contribution in [0.25, 0.3) is 0 Å². The summed E-state index contributed by atoms with van der Waals surface area (Å²) in [7, 11) is 0. The van der Waals surface area contributed by atoms with Gasteiger partial charge >= 0.3 is 0 Å². The number of nitrogens with one attached hydrogen (secondary N) is 1. The van der Waals surface area contributed by atoms with Crippen LogP contribution in [0.2, 0.25) is 0 Å². The van der Waals surface area contributed by atoms with Crippen molar-refractivity contribution in [2.24, 2.45) is 5.73 Å². The molecule has 1 saturated carbocycles. The lowest BCUT2D eigenvalue weighted by atomic mass is 9.97. The highest BCUT2D eigenvalue weighted by Crippen LogP contribution is 2.27. The number of carbonyl (C=O) groups excluding carboxylic acids is 2. The summed E-state index contributed by atoms with van der Waals surface area (Å²) in [6.45, 7) is 1.27. The van der Waals surface area contributed by atoms with Crippen molar-refractivity contribution in [3.8, 4) is 0 Å². The van der Waals surface area contributed by atoms with Gasteiger partial charge in [-0.3, -0.25) is 9.59 Å². The molecule has 5 nitrogen and oxygen atoms in total. The summed E-state index contributed by atoms with van der Waals surface area (Å²) >= 11 is 0. The maximum absolute atomic E-state index is 12.4. The topological polar surface area (TPSA) is 75.4 Å². The molecule has 0 bridgehead atoms. The first-order chi connectivity index (χ1) is 10.6. The van der Waals surface area contributed by atoms with Gasteiger partial charge in [-0.15, -0.1) is 0 Å². The molecule has 1 heterocycles. The van der Waals surface area contributed by atoms with Gasteiger partial charge in [0, 0.05) is 13.1 Å². The maximum atomic E-state index is 12.4. The molecule has 1 atom stereocenters. The molecule has 3 N–H and O–H groups in total. The highest BCUT2D eigenvalue weighted by Gasteiger charge is 2.40. The zero-order valence-corrected chi connectivity index (χ0v) is 12.8. The summed E-state index contributed by atoms with van der Waals surface area (Å²) < 4.78 is 0. The molecule has 2 aliphatic rings. The van der Waals surface area contributed by atoms with E-state index in [0.29, 0.717) is 32.4 Å². The summed E-state index contributed by atoms with van der Waals surface area (Å²) in [5, 5.41) is 2.87. The Morgan fingerprint density at radius 1 is 1.27 bits per heavy atom. The smallest absolute Gasteiger partial charge is 0.245 e. The summed E-state index contributed by atoms with van der Waals surface area (Å²) in [6.07, 6.45) is 4.07. The molecule has 1 aromatic carbocycles. The van der Waals surface area contributed by atoms with Crippen molar-refractivity contribution in [2.45, 2.75) is 50.2 Å². The van der Waals surface area contributed by atoms with Crippen LogP contribution < -0.4 is 11.1 Å². The highest BCUT2D eigenvalue weighted by molar-refractivity contribution is 5.93. The first-order valence-corrected chi connectivity index (χ1v) is 8.01. The minimum Gasteiger partial charge on any atom is -0.343 e. The minimum absolute atomic E-state index is 0.00111. The standard InChI is InChI=1S/C17H23N3O2/c18-17(9-4-5-10-17)16(22)19-14-8-11-20(15(14)21)12-13-6-2-1-3-7-13/h1-3,6-7,14H,4-5,8-12,18H2,(H,19,22). The zero-order chi connectivity index (χ0) is 15.6. The number of nitrogens with two attached hydrogens (primary N) is 1. The quantitative estimate of drug-likeness (QED) is 0.876. The third-order valence-electron chi connectivity index (χ3n) is 4.77. The normalized spacial score (nSPS) is 23.8. The summed E-state index contributed by atoms with van der Waals surface area (Å²) in [4.78, 5) is 26.6. The van der Waals surface area contributed by atoms with E-state index in [1.807, 2.05) is 30.3 Å². The monoisotopic (exact) mass is 301 g/mol. The van der Waals surface area contributed by atoms with Gasteiger partial charge in [-0.1, -0.05) is 43.2 Å². The Hall–Kier alpha value is -1.88. The Morgan fingerprint density at radius 3 is 2.64 bits per heavy atom. The van der Waals surface area contributed by atoms with Crippen molar-refractivity contribution in [2.75, 3.05) is 6.54 Å². The molecule has 0 radical (unpaired) electrons. The number of nitrogens with zero attached hydrogens (tertiary/aromatic N) is 1. The number of rotatable bonds is 4. The van der Waals surface area contributed by atoms with Gasteiger partial charge in [0.15, 0.2) is 0 Å². The predicted octanol–water partition coefficient (Wildman–Crippen LogP) is 1.18. The Kier molecular flexibility index (Phi) is 4.16. The Morgan fingerprint density at radius 2 is 1.95 bits per heavy atom. The second-order valence-electron chi connectivity index (χ2n) is 6.42. The van der Waals surface area contributed by atoms with Crippen LogP contribution >= 0.6 is 0 Å². The van der Waals surface area contributed by atoms with E-state index in [1.165, 1.54) is 0 Å². The fraction of sp³-hybridized carbons (Fsp3) is 0.529. The van der Waals surface area contributed by atoms with Gasteiger partial charge in [0.2, 0.25) is 11.8 Å². The van der Waals surface area contributed by atoms with Gasteiger partial charge in [-0.2, -0.15) is 0 Å². The molecule has 0 aromatic heterocycles. The summed E-state index contributed by atoms with van der Waals surface area (Å²) in [5.41, 5.74) is 6.48. The third kappa shape index (κ3) is 2.99. The van der Waals surface area contributed by atoms with Crippen LogP contribution in [0, 0.1) is 0 Å². The molecular formula is C17H23N3O2. The molecule has 1 aliphatic heterocycles. The minimum atomic E-state index is -0.771. The molecule has 2 fully saturated rings. The van der Waals surface area contributed by atoms with Crippen LogP contribution in [0.3, 0.4) is 0 Å². The van der Waals surface area contributed by atoms with Crippen molar-refractivity contribution in [3.05, 3.63) is 35.9 Å². The third-order valence-corrected chi connectivity index (χ3v) is 4.77. The van der Waals surface area contributed by atoms with Crippen molar-refractivity contribution in [3.63, 3.8) is 0 Å². The predicted molar refractivity (Wildman–Crippen MR) is 83.8 cm³/mol. The maximum Gasteiger partial charge on any atom is 0.245 e. The van der Waals surface area contributed by atoms with Crippen LogP contribution in [0.4, 0.5) is 0 Å². The Balaban J connectivity index is 1.58. The second kappa shape index (κ2) is 6.08. The Bertz CT molecular complexity index is 552. The largest absolute Gasteiger partial charge is 0.343 e. The molecule has 1 aromatic rings. The van der Waals surface area contributed by atoms with Gasteiger partial charge in [0.25, 0.3) is 0 Å². The first kappa shape index (κ1) is 15.0. The molecule has 22 heavy (non-hydrogen) atoms. The second-order valence-corrected chi connectivity index (χ2v) is 6.42. The fourth-order valence-electron chi connectivity index (χ4n) is 3.37. The average molecular weight is 301 g/mol. The lowest BCUT2D eigenvalue weighted by Crippen LogP contribution is -2.55. The molecule has 3 rings (SSSR count). The van der Waals surface area contributed by atoms with Crippen LogP contribution in [-0.4, -0.2) is 34.8 Å². The molecule has 2 amide bonds. The number of benzene rings is 1. The fourth-order valence-corrected chi connectivity index (χ4v) is 3.37. The van der Waals surface area contributed by atoms with Crippen molar-refractivity contribution in [1.82, 2.24) is 10.2 Å². The lowest BCUT2D eigenvalue weighted by Gasteiger charge is -2.24. The van der Waals surface area contributed by atoms with E-state index < -0.39 is 11.6 Å². The first-order valence-electron chi connectivity index (χ1n) is 8.01. The molecule has 118 valence electrons. The van der Waals surface area contributed by atoms with Gasteiger partial charge in [-0.05, 0) is 24.8 Å². The van der Waals surface area contributed by atoms with Crippen LogP contribution in [0.5, 0.6) is 0 Å². The van der Waals surface area contributed by atoms with Crippen molar-refractivity contribution >= 4 is 11.8 Å². The summed E-state index contributed by atoms with van der Waals surface area (Å²) in [6, 6.07) is 9.48. The number of hydrogen-bond donors (Lipinski definition) is 2. The van der Waals surface area contributed by atoms with E-state index in [0.717, 1.165) is 18.4 Å². The van der Waals surface area contributed by atoms with Crippen LogP contribution in [-0.2, 0) is 16.1 Å². The SMILES string of the molecule is NC1(C(=O)NC2CCN(Cc3ccccc3)C2=O)CCCC1. The van der Waals surface area contributed by atoms with Crippen LogP contribution in [0.15, 0.2) is 30.3 Å². The van der Waals surface area contributed by atoms with Gasteiger partial charge < -0.3 is 16.0 Å². The lowest BCUT2D eigenvalue weighted by molar-refractivity contribution is -0.134. The molecule has 1 aliphatic carbocycles. The van der Waals surface area contributed by atoms with E-state index in [-0.39, 0.29) is 11.8 Å². The van der Waals surface area contributed by atoms with E-state index in [2.05, 4.69) is 5.32 Å². The molecular weight excluding hydrogens is 278 g/mol. The summed E-state index contributed by atoms with van der Waals surface area (Å²) in [5.74, 6) is -0.163. The molecule has 1 saturated heterocycles. The zero-order valence-electron chi connectivity index (χ0n) is 12.8. The number of hydrogen-bond acceptors (Lipinski definition) is 3. The highest BCUT2D eigenvalue weighted by atomic mass is 16.2. The Labute approximate surface area is 130 Å². The number of likely N-dealkylation sites (tertiary alicyclic amines) is 1.